The Bertz CT molecular complexity index is 606. The third kappa shape index (κ3) is 4.15. The van der Waals surface area contributed by atoms with Crippen LogP contribution in [-0.4, -0.2) is 31.4 Å². The van der Waals surface area contributed by atoms with Crippen molar-refractivity contribution in [3.8, 4) is 0 Å². The number of piperidine rings is 1. The summed E-state index contributed by atoms with van der Waals surface area (Å²) >= 11 is 0. The Morgan fingerprint density at radius 1 is 1.21 bits per heavy atom. The van der Waals surface area contributed by atoms with Crippen LogP contribution in [0.3, 0.4) is 0 Å². The van der Waals surface area contributed by atoms with Crippen molar-refractivity contribution in [1.82, 2.24) is 10.6 Å². The van der Waals surface area contributed by atoms with Crippen LogP contribution in [0, 0.1) is 17.3 Å². The van der Waals surface area contributed by atoms with Gasteiger partial charge in [0.2, 0.25) is 5.91 Å². The lowest BCUT2D eigenvalue weighted by molar-refractivity contribution is -0.117. The van der Waals surface area contributed by atoms with Crippen molar-refractivity contribution in [2.24, 2.45) is 17.3 Å². The molecule has 2 amide bonds. The largest absolute Gasteiger partial charge is 0.351 e. The van der Waals surface area contributed by atoms with Gasteiger partial charge in [0.05, 0.1) is 0 Å². The Kier molecular flexibility index (Phi) is 4.90. The van der Waals surface area contributed by atoms with E-state index in [0.717, 1.165) is 38.0 Å². The molecule has 1 saturated carbocycles. The van der Waals surface area contributed by atoms with Crippen LogP contribution in [0.2, 0.25) is 0 Å². The summed E-state index contributed by atoms with van der Waals surface area (Å²) < 4.78 is 0. The zero-order chi connectivity index (χ0) is 17.2. The lowest BCUT2D eigenvalue weighted by Crippen LogP contribution is -2.42. The number of carbonyl (C=O) groups is 2. The molecule has 2 aliphatic rings. The fraction of sp³-hybridized carbons (Fsp3) is 0.579. The molecule has 0 spiro atoms. The number of anilines is 1. The molecular formula is C19H27N3O2. The first-order valence-electron chi connectivity index (χ1n) is 8.87. The van der Waals surface area contributed by atoms with Crippen molar-refractivity contribution in [2.75, 3.05) is 25.0 Å². The molecule has 0 aromatic heterocycles. The van der Waals surface area contributed by atoms with Crippen LogP contribution in [0.5, 0.6) is 0 Å². The molecule has 2 unspecified atom stereocenters. The molecule has 5 heteroatoms. The van der Waals surface area contributed by atoms with Crippen LogP contribution in [0.15, 0.2) is 24.3 Å². The van der Waals surface area contributed by atoms with Gasteiger partial charge in [0.1, 0.15) is 0 Å². The predicted molar refractivity (Wildman–Crippen MR) is 94.9 cm³/mol. The third-order valence-electron chi connectivity index (χ3n) is 5.35. The normalized spacial score (nSPS) is 24.9. The summed E-state index contributed by atoms with van der Waals surface area (Å²) in [7, 11) is 0. The topological polar surface area (TPSA) is 70.2 Å². The molecule has 130 valence electrons. The standard InChI is InChI=1S/C19H27N3O2/c1-13-11-16(13)18(24)22-15-5-3-14(4-6-15)17(23)21-12-19(2)7-9-20-10-8-19/h3-6,13,16,20H,7-12H2,1-2H3,(H,21,23)(H,22,24). The lowest BCUT2D eigenvalue weighted by atomic mass is 9.81. The molecule has 1 aliphatic heterocycles. The molecule has 1 aromatic rings. The second-order valence-electron chi connectivity index (χ2n) is 7.63. The van der Waals surface area contributed by atoms with Crippen LogP contribution in [0.4, 0.5) is 5.69 Å². The van der Waals surface area contributed by atoms with E-state index < -0.39 is 0 Å². The summed E-state index contributed by atoms with van der Waals surface area (Å²) in [6, 6.07) is 7.14. The zero-order valence-corrected chi connectivity index (χ0v) is 14.5. The number of benzene rings is 1. The monoisotopic (exact) mass is 329 g/mol. The molecule has 1 saturated heterocycles. The van der Waals surface area contributed by atoms with Crippen LogP contribution < -0.4 is 16.0 Å². The van der Waals surface area contributed by atoms with Crippen LogP contribution in [0.1, 0.15) is 43.5 Å². The highest BCUT2D eigenvalue weighted by Crippen LogP contribution is 2.38. The van der Waals surface area contributed by atoms with Gasteiger partial charge >= 0.3 is 0 Å². The van der Waals surface area contributed by atoms with Gasteiger partial charge in [0, 0.05) is 23.7 Å². The number of hydrogen-bond acceptors (Lipinski definition) is 3. The second kappa shape index (κ2) is 6.93. The fourth-order valence-corrected chi connectivity index (χ4v) is 3.23. The van der Waals surface area contributed by atoms with Gasteiger partial charge in [-0.05, 0) is 68.0 Å². The fourth-order valence-electron chi connectivity index (χ4n) is 3.23. The summed E-state index contributed by atoms with van der Waals surface area (Å²) in [6.45, 7) is 7.04. The van der Waals surface area contributed by atoms with E-state index in [1.54, 1.807) is 24.3 Å². The molecule has 0 bridgehead atoms. The SMILES string of the molecule is CC1CC1C(=O)Nc1ccc(C(=O)NCC2(C)CCNCC2)cc1. The molecule has 0 radical (unpaired) electrons. The van der Waals surface area contributed by atoms with E-state index in [2.05, 4.69) is 29.8 Å². The van der Waals surface area contributed by atoms with Gasteiger partial charge < -0.3 is 16.0 Å². The first-order valence-corrected chi connectivity index (χ1v) is 8.87. The molecule has 2 fully saturated rings. The van der Waals surface area contributed by atoms with E-state index >= 15 is 0 Å². The number of hydrogen-bond donors (Lipinski definition) is 3. The van der Waals surface area contributed by atoms with E-state index in [9.17, 15) is 9.59 Å². The minimum atomic E-state index is -0.0524. The maximum atomic E-state index is 12.3. The van der Waals surface area contributed by atoms with E-state index in [-0.39, 0.29) is 23.1 Å². The molecule has 1 aliphatic carbocycles. The number of carbonyl (C=O) groups excluding carboxylic acids is 2. The van der Waals surface area contributed by atoms with Crippen molar-refractivity contribution in [2.45, 2.75) is 33.1 Å². The van der Waals surface area contributed by atoms with Crippen molar-refractivity contribution < 1.29 is 9.59 Å². The average molecular weight is 329 g/mol. The quantitative estimate of drug-likeness (QED) is 0.777. The smallest absolute Gasteiger partial charge is 0.251 e. The van der Waals surface area contributed by atoms with E-state index in [1.807, 2.05) is 0 Å². The Balaban J connectivity index is 1.51. The maximum Gasteiger partial charge on any atom is 0.251 e. The number of nitrogens with one attached hydrogen (secondary N) is 3. The number of rotatable bonds is 5. The molecule has 1 aromatic carbocycles. The molecule has 1 heterocycles. The molecule has 3 rings (SSSR count). The van der Waals surface area contributed by atoms with Gasteiger partial charge in [-0.3, -0.25) is 9.59 Å². The summed E-state index contributed by atoms with van der Waals surface area (Å²) in [5.41, 5.74) is 1.56. The van der Waals surface area contributed by atoms with Crippen molar-refractivity contribution in [1.29, 1.82) is 0 Å². The van der Waals surface area contributed by atoms with Crippen molar-refractivity contribution in [3.05, 3.63) is 29.8 Å². The minimum absolute atomic E-state index is 0.0524. The van der Waals surface area contributed by atoms with E-state index in [1.165, 1.54) is 0 Å². The predicted octanol–water partition coefficient (Wildman–Crippen LogP) is 2.40. The first kappa shape index (κ1) is 17.0. The van der Waals surface area contributed by atoms with Gasteiger partial charge in [-0.2, -0.15) is 0 Å². The lowest BCUT2D eigenvalue weighted by Gasteiger charge is -2.34. The second-order valence-corrected chi connectivity index (χ2v) is 7.63. The third-order valence-corrected chi connectivity index (χ3v) is 5.35. The van der Waals surface area contributed by atoms with Crippen molar-refractivity contribution in [3.63, 3.8) is 0 Å². The maximum absolute atomic E-state index is 12.3. The van der Waals surface area contributed by atoms with Crippen LogP contribution in [-0.2, 0) is 4.79 Å². The summed E-state index contributed by atoms with van der Waals surface area (Å²) in [5.74, 6) is 0.673. The number of amides is 2. The Labute approximate surface area is 143 Å². The van der Waals surface area contributed by atoms with Crippen molar-refractivity contribution >= 4 is 17.5 Å². The first-order chi connectivity index (χ1) is 11.5. The van der Waals surface area contributed by atoms with Gasteiger partial charge in [-0.1, -0.05) is 13.8 Å². The van der Waals surface area contributed by atoms with Crippen LogP contribution >= 0.6 is 0 Å². The zero-order valence-electron chi connectivity index (χ0n) is 14.5. The Morgan fingerprint density at radius 2 is 1.83 bits per heavy atom. The molecule has 24 heavy (non-hydrogen) atoms. The van der Waals surface area contributed by atoms with Crippen LogP contribution in [0.25, 0.3) is 0 Å². The van der Waals surface area contributed by atoms with Gasteiger partial charge in [-0.25, -0.2) is 0 Å². The highest BCUT2D eigenvalue weighted by molar-refractivity contribution is 5.97. The van der Waals surface area contributed by atoms with Gasteiger partial charge in [0.15, 0.2) is 0 Å². The molecular weight excluding hydrogens is 302 g/mol. The Morgan fingerprint density at radius 3 is 2.42 bits per heavy atom. The molecule has 2 atom stereocenters. The minimum Gasteiger partial charge on any atom is -0.351 e. The van der Waals surface area contributed by atoms with Gasteiger partial charge in [-0.15, -0.1) is 0 Å². The Hall–Kier alpha value is -1.88. The summed E-state index contributed by atoms with van der Waals surface area (Å²) in [5, 5.41) is 9.31. The summed E-state index contributed by atoms with van der Waals surface area (Å²) in [6.07, 6.45) is 3.14. The highest BCUT2D eigenvalue weighted by Gasteiger charge is 2.39. The van der Waals surface area contributed by atoms with E-state index in [0.29, 0.717) is 18.0 Å². The summed E-state index contributed by atoms with van der Waals surface area (Å²) in [4.78, 5) is 24.2. The van der Waals surface area contributed by atoms with Gasteiger partial charge in [0.25, 0.3) is 5.91 Å². The highest BCUT2D eigenvalue weighted by atomic mass is 16.2. The van der Waals surface area contributed by atoms with E-state index in [4.69, 9.17) is 0 Å². The molecule has 5 nitrogen and oxygen atoms in total. The average Bonchev–Trinajstić information content (AvgIpc) is 3.31. The molecule has 3 N–H and O–H groups in total.